The van der Waals surface area contributed by atoms with Crippen molar-refractivity contribution in [2.75, 3.05) is 0 Å². The van der Waals surface area contributed by atoms with E-state index in [-0.39, 0.29) is 0 Å². The van der Waals surface area contributed by atoms with Crippen molar-refractivity contribution in [2.45, 2.75) is 0 Å². The van der Waals surface area contributed by atoms with Crippen LogP contribution in [0.15, 0.2) is 18.2 Å². The fraction of sp³-hybridized carbons (Fsp3) is 0. The Labute approximate surface area is 87.8 Å². The highest BCUT2D eigenvalue weighted by Crippen LogP contribution is 2.26. The molecule has 0 aliphatic carbocycles. The van der Waals surface area contributed by atoms with Crippen LogP contribution in [0.2, 0.25) is 0 Å². The van der Waals surface area contributed by atoms with Crippen molar-refractivity contribution in [3.05, 3.63) is 45.5 Å². The number of nitro benzene ring substituents is 1. The standard InChI is InChI=1S/C9H5F2NO4/c10-6-2-3-7(11)9(12(15)16)5(6)1-4-8(13)14/h1-4H,(H,13,14)/b4-1+. The van der Waals surface area contributed by atoms with E-state index in [1.165, 1.54) is 0 Å². The van der Waals surface area contributed by atoms with Gasteiger partial charge in [-0.25, -0.2) is 9.18 Å². The molecule has 0 unspecified atom stereocenters. The zero-order chi connectivity index (χ0) is 12.3. The first-order valence-corrected chi connectivity index (χ1v) is 3.97. The van der Waals surface area contributed by atoms with Gasteiger partial charge in [-0.3, -0.25) is 10.1 Å². The van der Waals surface area contributed by atoms with E-state index in [4.69, 9.17) is 5.11 Å². The van der Waals surface area contributed by atoms with Gasteiger partial charge in [0.15, 0.2) is 0 Å². The van der Waals surface area contributed by atoms with Crippen molar-refractivity contribution < 1.29 is 23.6 Å². The van der Waals surface area contributed by atoms with E-state index in [0.29, 0.717) is 24.3 Å². The molecule has 0 atom stereocenters. The fourth-order valence-electron chi connectivity index (χ4n) is 1.06. The molecule has 1 N–H and O–H groups in total. The number of carboxylic acid groups (broad SMARTS) is 1. The van der Waals surface area contributed by atoms with Crippen LogP contribution in [0, 0.1) is 21.7 Å². The first-order chi connectivity index (χ1) is 7.43. The van der Waals surface area contributed by atoms with Crippen LogP contribution in [0.4, 0.5) is 14.5 Å². The van der Waals surface area contributed by atoms with Crippen LogP contribution in [0.3, 0.4) is 0 Å². The molecule has 0 spiro atoms. The Hall–Kier alpha value is -2.31. The summed E-state index contributed by atoms with van der Waals surface area (Å²) < 4.78 is 26.1. The number of nitrogens with zero attached hydrogens (tertiary/aromatic N) is 1. The highest BCUT2D eigenvalue weighted by atomic mass is 19.1. The lowest BCUT2D eigenvalue weighted by Crippen LogP contribution is -1.99. The molecule has 0 radical (unpaired) electrons. The Morgan fingerprint density at radius 1 is 1.38 bits per heavy atom. The molecular weight excluding hydrogens is 224 g/mol. The van der Waals surface area contributed by atoms with Crippen LogP contribution in [0.1, 0.15) is 5.56 Å². The second-order valence-electron chi connectivity index (χ2n) is 2.72. The van der Waals surface area contributed by atoms with Crippen LogP contribution in [0.25, 0.3) is 6.08 Å². The third-order valence-corrected chi connectivity index (χ3v) is 1.69. The normalized spacial score (nSPS) is 10.6. The molecule has 7 heteroatoms. The molecule has 0 amide bonds. The first kappa shape index (κ1) is 11.8. The number of rotatable bonds is 3. The Kier molecular flexibility index (Phi) is 3.29. The van der Waals surface area contributed by atoms with Gasteiger partial charge in [-0.1, -0.05) is 0 Å². The van der Waals surface area contributed by atoms with Crippen molar-refractivity contribution in [3.8, 4) is 0 Å². The molecule has 5 nitrogen and oxygen atoms in total. The number of benzene rings is 1. The number of hydrogen-bond acceptors (Lipinski definition) is 3. The first-order valence-electron chi connectivity index (χ1n) is 3.97. The largest absolute Gasteiger partial charge is 0.478 e. The molecule has 0 saturated carbocycles. The van der Waals surface area contributed by atoms with Crippen molar-refractivity contribution >= 4 is 17.7 Å². The molecule has 1 rings (SSSR count). The van der Waals surface area contributed by atoms with E-state index in [9.17, 15) is 23.7 Å². The maximum atomic E-state index is 13.1. The van der Waals surface area contributed by atoms with Gasteiger partial charge >= 0.3 is 11.7 Å². The molecule has 0 aliphatic heterocycles. The molecule has 1 aromatic rings. The topological polar surface area (TPSA) is 80.4 Å². The SMILES string of the molecule is O=C(O)/C=C/c1c(F)ccc(F)c1[N+](=O)[O-]. The van der Waals surface area contributed by atoms with Crippen LogP contribution in [-0.4, -0.2) is 16.0 Å². The second kappa shape index (κ2) is 4.47. The number of carboxylic acids is 1. The van der Waals surface area contributed by atoms with Gasteiger partial charge in [0.25, 0.3) is 0 Å². The van der Waals surface area contributed by atoms with Gasteiger partial charge in [0, 0.05) is 6.08 Å². The number of halogens is 2. The molecule has 84 valence electrons. The molecule has 0 aromatic heterocycles. The molecule has 0 aliphatic rings. The van der Waals surface area contributed by atoms with E-state index < -0.39 is 33.8 Å². The summed E-state index contributed by atoms with van der Waals surface area (Å²) >= 11 is 0. The van der Waals surface area contributed by atoms with Gasteiger partial charge in [-0.2, -0.15) is 4.39 Å². The minimum atomic E-state index is -1.42. The highest BCUT2D eigenvalue weighted by Gasteiger charge is 2.22. The zero-order valence-corrected chi connectivity index (χ0v) is 7.68. The number of hydrogen-bond donors (Lipinski definition) is 1. The van der Waals surface area contributed by atoms with Gasteiger partial charge in [-0.15, -0.1) is 0 Å². The Morgan fingerprint density at radius 2 is 1.94 bits per heavy atom. The molecular formula is C9H5F2NO4. The van der Waals surface area contributed by atoms with Crippen LogP contribution in [0.5, 0.6) is 0 Å². The molecule has 16 heavy (non-hydrogen) atoms. The average Bonchev–Trinajstić information content (AvgIpc) is 2.18. The number of aliphatic carboxylic acids is 1. The summed E-state index contributed by atoms with van der Waals surface area (Å²) in [6.45, 7) is 0. The third-order valence-electron chi connectivity index (χ3n) is 1.69. The Bertz CT molecular complexity index is 485. The summed E-state index contributed by atoms with van der Waals surface area (Å²) in [6.07, 6.45) is 1.13. The number of nitro groups is 1. The quantitative estimate of drug-likeness (QED) is 0.488. The van der Waals surface area contributed by atoms with Crippen molar-refractivity contribution in [2.24, 2.45) is 0 Å². The summed E-state index contributed by atoms with van der Waals surface area (Å²) in [7, 11) is 0. The molecule has 0 bridgehead atoms. The maximum absolute atomic E-state index is 13.1. The summed E-state index contributed by atoms with van der Waals surface area (Å²) in [6, 6.07) is 1.29. The van der Waals surface area contributed by atoms with Crippen LogP contribution in [-0.2, 0) is 4.79 Å². The van der Waals surface area contributed by atoms with Crippen molar-refractivity contribution in [3.63, 3.8) is 0 Å². The summed E-state index contributed by atoms with van der Waals surface area (Å²) in [4.78, 5) is 19.5. The maximum Gasteiger partial charge on any atom is 0.328 e. The van der Waals surface area contributed by atoms with E-state index in [0.717, 1.165) is 0 Å². The lowest BCUT2D eigenvalue weighted by atomic mass is 10.1. The van der Waals surface area contributed by atoms with Gasteiger partial charge in [0.1, 0.15) is 5.82 Å². The van der Waals surface area contributed by atoms with Crippen molar-refractivity contribution in [1.82, 2.24) is 0 Å². The number of carbonyl (C=O) groups is 1. The molecule has 0 heterocycles. The lowest BCUT2D eigenvalue weighted by molar-refractivity contribution is -0.387. The zero-order valence-electron chi connectivity index (χ0n) is 7.68. The summed E-state index contributed by atoms with van der Waals surface area (Å²) in [5.41, 5.74) is -1.79. The van der Waals surface area contributed by atoms with Gasteiger partial charge in [-0.05, 0) is 18.2 Å². The summed E-state index contributed by atoms with van der Waals surface area (Å²) in [5.74, 6) is -3.71. The molecule has 1 aromatic carbocycles. The summed E-state index contributed by atoms with van der Waals surface area (Å²) in [5, 5.41) is 18.7. The van der Waals surface area contributed by atoms with E-state index in [2.05, 4.69) is 0 Å². The smallest absolute Gasteiger partial charge is 0.328 e. The third kappa shape index (κ3) is 2.38. The average molecular weight is 229 g/mol. The van der Waals surface area contributed by atoms with Crippen LogP contribution < -0.4 is 0 Å². The van der Waals surface area contributed by atoms with E-state index in [1.54, 1.807) is 0 Å². The van der Waals surface area contributed by atoms with Gasteiger partial charge in [0.05, 0.1) is 10.5 Å². The highest BCUT2D eigenvalue weighted by molar-refractivity contribution is 5.86. The minimum Gasteiger partial charge on any atom is -0.478 e. The van der Waals surface area contributed by atoms with Gasteiger partial charge < -0.3 is 5.11 Å². The predicted molar refractivity (Wildman–Crippen MR) is 49.7 cm³/mol. The Morgan fingerprint density at radius 3 is 2.44 bits per heavy atom. The van der Waals surface area contributed by atoms with Gasteiger partial charge in [0.2, 0.25) is 5.82 Å². The predicted octanol–water partition coefficient (Wildman–Crippen LogP) is 1.97. The molecule has 0 fully saturated rings. The second-order valence-corrected chi connectivity index (χ2v) is 2.72. The van der Waals surface area contributed by atoms with E-state index in [1.807, 2.05) is 0 Å². The minimum absolute atomic E-state index is 0.491. The van der Waals surface area contributed by atoms with Crippen molar-refractivity contribution in [1.29, 1.82) is 0 Å². The monoisotopic (exact) mass is 229 g/mol. The lowest BCUT2D eigenvalue weighted by Gasteiger charge is -1.99. The Balaban J connectivity index is 3.40. The van der Waals surface area contributed by atoms with Crippen LogP contribution >= 0.6 is 0 Å². The fourth-order valence-corrected chi connectivity index (χ4v) is 1.06. The van der Waals surface area contributed by atoms with E-state index >= 15 is 0 Å². The molecule has 0 saturated heterocycles.